The predicted molar refractivity (Wildman–Crippen MR) is 102 cm³/mol. The molecule has 2 aromatic carbocycles. The summed E-state index contributed by atoms with van der Waals surface area (Å²) in [6.07, 6.45) is 3.69. The predicted octanol–water partition coefficient (Wildman–Crippen LogP) is 4.00. The fraction of sp³-hybridized carbons (Fsp3) is 0.100. The van der Waals surface area contributed by atoms with Crippen molar-refractivity contribution >= 4 is 28.4 Å². The van der Waals surface area contributed by atoms with Gasteiger partial charge in [0.2, 0.25) is 0 Å². The first-order chi connectivity index (χ1) is 12.7. The molecule has 0 saturated heterocycles. The lowest BCUT2D eigenvalue weighted by Gasteiger charge is -2.07. The van der Waals surface area contributed by atoms with Crippen LogP contribution in [-0.2, 0) is 13.1 Å². The number of nitrogens with zero attached hydrogens (tertiary/aromatic N) is 2. The summed E-state index contributed by atoms with van der Waals surface area (Å²) in [6, 6.07) is 17.6. The van der Waals surface area contributed by atoms with Crippen LogP contribution in [0.5, 0.6) is 0 Å². The molecule has 0 bridgehead atoms. The number of carbonyl (C=O) groups excluding carboxylic acids is 1. The van der Waals surface area contributed by atoms with E-state index in [1.165, 1.54) is 0 Å². The van der Waals surface area contributed by atoms with Gasteiger partial charge in [-0.05, 0) is 23.3 Å². The number of para-hydroxylation sites is 1. The fourth-order valence-corrected chi connectivity index (χ4v) is 3.18. The number of halogens is 1. The molecule has 0 saturated carbocycles. The molecule has 0 fully saturated rings. The van der Waals surface area contributed by atoms with Crippen molar-refractivity contribution in [1.29, 1.82) is 0 Å². The van der Waals surface area contributed by atoms with Gasteiger partial charge in [0, 0.05) is 29.8 Å². The molecular formula is C20H17ClN4O. The van der Waals surface area contributed by atoms with Crippen molar-refractivity contribution in [1.82, 2.24) is 20.1 Å². The Morgan fingerprint density at radius 2 is 1.85 bits per heavy atom. The Bertz CT molecular complexity index is 1040. The molecule has 2 aromatic heterocycles. The largest absolute Gasteiger partial charge is 0.349 e. The van der Waals surface area contributed by atoms with E-state index in [0.29, 0.717) is 17.3 Å². The molecule has 2 heterocycles. The third-order valence-electron chi connectivity index (χ3n) is 4.25. The molecule has 6 heteroatoms. The smallest absolute Gasteiger partial charge is 0.269 e. The highest BCUT2D eigenvalue weighted by molar-refractivity contribution is 6.38. The van der Waals surface area contributed by atoms with Crippen molar-refractivity contribution in [3.05, 3.63) is 88.8 Å². The van der Waals surface area contributed by atoms with Crippen LogP contribution in [-0.4, -0.2) is 20.7 Å². The first-order valence-corrected chi connectivity index (χ1v) is 8.68. The standard InChI is InChI=1S/C20H17ClN4O/c21-18-16-4-1-2-5-17(16)24-19(18)20(26)22-12-14-6-8-15(9-7-14)13-25-11-3-10-23-25/h1-11,24H,12-13H2,(H,22,26). The van der Waals surface area contributed by atoms with Gasteiger partial charge < -0.3 is 10.3 Å². The summed E-state index contributed by atoms with van der Waals surface area (Å²) in [5.74, 6) is -0.216. The number of H-pyrrole nitrogens is 1. The van der Waals surface area contributed by atoms with Crippen molar-refractivity contribution < 1.29 is 4.79 Å². The van der Waals surface area contributed by atoms with Gasteiger partial charge in [-0.25, -0.2) is 0 Å². The summed E-state index contributed by atoms with van der Waals surface area (Å²) in [7, 11) is 0. The van der Waals surface area contributed by atoms with Crippen LogP contribution in [0.3, 0.4) is 0 Å². The van der Waals surface area contributed by atoms with Crippen molar-refractivity contribution in [2.45, 2.75) is 13.1 Å². The summed E-state index contributed by atoms with van der Waals surface area (Å²) in [4.78, 5) is 15.5. The zero-order chi connectivity index (χ0) is 17.9. The van der Waals surface area contributed by atoms with Gasteiger partial charge in [-0.1, -0.05) is 54.1 Å². The maximum absolute atomic E-state index is 12.4. The number of hydrogen-bond donors (Lipinski definition) is 2. The van der Waals surface area contributed by atoms with Crippen LogP contribution in [0.15, 0.2) is 67.0 Å². The van der Waals surface area contributed by atoms with Gasteiger partial charge in [0.25, 0.3) is 5.91 Å². The molecule has 0 atom stereocenters. The number of nitrogens with one attached hydrogen (secondary N) is 2. The van der Waals surface area contributed by atoms with Crippen LogP contribution in [0.1, 0.15) is 21.6 Å². The zero-order valence-corrected chi connectivity index (χ0v) is 14.7. The molecule has 0 radical (unpaired) electrons. The zero-order valence-electron chi connectivity index (χ0n) is 13.9. The molecular weight excluding hydrogens is 348 g/mol. The molecule has 4 aromatic rings. The van der Waals surface area contributed by atoms with E-state index < -0.39 is 0 Å². The van der Waals surface area contributed by atoms with Crippen molar-refractivity contribution in [2.24, 2.45) is 0 Å². The van der Waals surface area contributed by atoms with E-state index in [9.17, 15) is 4.79 Å². The Morgan fingerprint density at radius 1 is 1.08 bits per heavy atom. The summed E-state index contributed by atoms with van der Waals surface area (Å²) in [5, 5.41) is 8.41. The highest BCUT2D eigenvalue weighted by Gasteiger charge is 2.15. The number of carbonyl (C=O) groups is 1. The Morgan fingerprint density at radius 3 is 2.58 bits per heavy atom. The minimum absolute atomic E-state index is 0.216. The van der Waals surface area contributed by atoms with E-state index >= 15 is 0 Å². The number of benzene rings is 2. The van der Waals surface area contributed by atoms with Gasteiger partial charge in [-0.15, -0.1) is 0 Å². The second kappa shape index (κ2) is 7.06. The lowest BCUT2D eigenvalue weighted by molar-refractivity contribution is 0.0947. The summed E-state index contributed by atoms with van der Waals surface area (Å²) >= 11 is 6.32. The second-order valence-electron chi connectivity index (χ2n) is 6.06. The van der Waals surface area contributed by atoms with E-state index in [0.717, 1.165) is 28.6 Å². The topological polar surface area (TPSA) is 62.7 Å². The number of aromatic nitrogens is 3. The SMILES string of the molecule is O=C(NCc1ccc(Cn2cccn2)cc1)c1[nH]c2ccccc2c1Cl. The molecule has 26 heavy (non-hydrogen) atoms. The van der Waals surface area contributed by atoms with Crippen molar-refractivity contribution in [3.8, 4) is 0 Å². The first-order valence-electron chi connectivity index (χ1n) is 8.30. The maximum atomic E-state index is 12.4. The van der Waals surface area contributed by atoms with Crippen LogP contribution < -0.4 is 5.32 Å². The monoisotopic (exact) mass is 364 g/mol. The molecule has 2 N–H and O–H groups in total. The molecule has 130 valence electrons. The van der Waals surface area contributed by atoms with Gasteiger partial charge >= 0.3 is 0 Å². The Labute approximate surface area is 155 Å². The highest BCUT2D eigenvalue weighted by atomic mass is 35.5. The minimum Gasteiger partial charge on any atom is -0.349 e. The van der Waals surface area contributed by atoms with Crippen LogP contribution in [0.25, 0.3) is 10.9 Å². The number of hydrogen-bond acceptors (Lipinski definition) is 2. The normalized spacial score (nSPS) is 11.0. The Kier molecular flexibility index (Phi) is 4.46. The van der Waals surface area contributed by atoms with E-state index in [2.05, 4.69) is 15.4 Å². The molecule has 0 aliphatic heterocycles. The molecule has 0 aliphatic carbocycles. The average molecular weight is 365 g/mol. The van der Waals surface area contributed by atoms with Gasteiger partial charge in [0.15, 0.2) is 0 Å². The van der Waals surface area contributed by atoms with Gasteiger partial charge in [0.05, 0.1) is 11.6 Å². The highest BCUT2D eigenvalue weighted by Crippen LogP contribution is 2.27. The third kappa shape index (κ3) is 3.34. The summed E-state index contributed by atoms with van der Waals surface area (Å²) in [6.45, 7) is 1.16. The number of amides is 1. The van der Waals surface area contributed by atoms with Gasteiger partial charge in [0.1, 0.15) is 5.69 Å². The van der Waals surface area contributed by atoms with E-state index in [-0.39, 0.29) is 5.91 Å². The van der Waals surface area contributed by atoms with Gasteiger partial charge in [-0.2, -0.15) is 5.10 Å². The van der Waals surface area contributed by atoms with Crippen LogP contribution in [0, 0.1) is 0 Å². The van der Waals surface area contributed by atoms with Crippen molar-refractivity contribution in [3.63, 3.8) is 0 Å². The second-order valence-corrected chi connectivity index (χ2v) is 6.44. The molecule has 1 amide bonds. The Balaban J connectivity index is 1.41. The minimum atomic E-state index is -0.216. The quantitative estimate of drug-likeness (QED) is 0.562. The van der Waals surface area contributed by atoms with Gasteiger partial charge in [-0.3, -0.25) is 9.48 Å². The van der Waals surface area contributed by atoms with Crippen molar-refractivity contribution in [2.75, 3.05) is 0 Å². The fourth-order valence-electron chi connectivity index (χ4n) is 2.88. The average Bonchev–Trinajstić information content (AvgIpc) is 3.29. The van der Waals surface area contributed by atoms with E-state index in [4.69, 9.17) is 11.6 Å². The molecule has 0 aliphatic rings. The van der Waals surface area contributed by atoms with E-state index in [1.54, 1.807) is 6.20 Å². The molecule has 0 unspecified atom stereocenters. The van der Waals surface area contributed by atoms with Crippen LogP contribution in [0.2, 0.25) is 5.02 Å². The number of fused-ring (bicyclic) bond motifs is 1. The Hall–Kier alpha value is -3.05. The maximum Gasteiger partial charge on any atom is 0.269 e. The lowest BCUT2D eigenvalue weighted by atomic mass is 10.1. The molecule has 4 rings (SSSR count). The molecule has 5 nitrogen and oxygen atoms in total. The summed E-state index contributed by atoms with van der Waals surface area (Å²) < 4.78 is 1.87. The molecule has 0 spiro atoms. The van der Waals surface area contributed by atoms with Crippen LogP contribution in [0.4, 0.5) is 0 Å². The number of aromatic amines is 1. The lowest BCUT2D eigenvalue weighted by Crippen LogP contribution is -2.23. The number of rotatable bonds is 5. The first kappa shape index (κ1) is 16.4. The summed E-state index contributed by atoms with van der Waals surface area (Å²) in [5.41, 5.74) is 3.42. The third-order valence-corrected chi connectivity index (χ3v) is 4.64. The van der Waals surface area contributed by atoms with E-state index in [1.807, 2.05) is 65.5 Å². The van der Waals surface area contributed by atoms with Crippen LogP contribution >= 0.6 is 11.6 Å².